The third kappa shape index (κ3) is 3.46. The van der Waals surface area contributed by atoms with Crippen molar-refractivity contribution in [2.45, 2.75) is 70.4 Å². The van der Waals surface area contributed by atoms with E-state index in [1.165, 1.54) is 64.5 Å². The predicted octanol–water partition coefficient (Wildman–Crippen LogP) is 2.77. The van der Waals surface area contributed by atoms with Gasteiger partial charge < -0.3 is 5.73 Å². The van der Waals surface area contributed by atoms with Crippen molar-refractivity contribution in [2.24, 2.45) is 11.7 Å². The van der Waals surface area contributed by atoms with Crippen molar-refractivity contribution in [2.75, 3.05) is 13.1 Å². The van der Waals surface area contributed by atoms with E-state index in [1.807, 2.05) is 0 Å². The lowest BCUT2D eigenvalue weighted by Gasteiger charge is -2.36. The van der Waals surface area contributed by atoms with Gasteiger partial charge in [-0.25, -0.2) is 0 Å². The summed E-state index contributed by atoms with van der Waals surface area (Å²) in [6, 6.07) is 1.10. The highest BCUT2D eigenvalue weighted by molar-refractivity contribution is 4.87. The van der Waals surface area contributed by atoms with Crippen LogP contribution in [-0.4, -0.2) is 30.1 Å². The van der Waals surface area contributed by atoms with Crippen molar-refractivity contribution < 1.29 is 0 Å². The van der Waals surface area contributed by atoms with Crippen molar-refractivity contribution in [3.63, 3.8) is 0 Å². The third-order valence-electron chi connectivity index (χ3n) is 4.35. The zero-order valence-corrected chi connectivity index (χ0v) is 10.8. The molecule has 2 aliphatic rings. The maximum Gasteiger partial charge on any atom is 0.0247 e. The fraction of sp³-hybridized carbons (Fsp3) is 1.00. The van der Waals surface area contributed by atoms with Crippen LogP contribution in [0.4, 0.5) is 0 Å². The first kappa shape index (κ1) is 12.4. The van der Waals surface area contributed by atoms with Crippen molar-refractivity contribution in [3.8, 4) is 0 Å². The second kappa shape index (κ2) is 6.02. The average molecular weight is 224 g/mol. The van der Waals surface area contributed by atoms with E-state index in [0.717, 1.165) is 5.92 Å². The van der Waals surface area contributed by atoms with Crippen LogP contribution >= 0.6 is 0 Å². The fourth-order valence-corrected chi connectivity index (χ4v) is 3.08. The van der Waals surface area contributed by atoms with Gasteiger partial charge in [-0.1, -0.05) is 32.6 Å². The lowest BCUT2D eigenvalue weighted by Crippen LogP contribution is -2.49. The summed E-state index contributed by atoms with van der Waals surface area (Å²) in [5, 5.41) is 0. The molecule has 0 spiro atoms. The van der Waals surface area contributed by atoms with Crippen LogP contribution < -0.4 is 5.73 Å². The minimum atomic E-state index is 0.430. The lowest BCUT2D eigenvalue weighted by molar-refractivity contribution is 0.149. The Kier molecular flexibility index (Phi) is 4.66. The van der Waals surface area contributed by atoms with E-state index in [0.29, 0.717) is 12.1 Å². The monoisotopic (exact) mass is 224 g/mol. The van der Waals surface area contributed by atoms with Gasteiger partial charge in [-0.3, -0.25) is 4.90 Å². The van der Waals surface area contributed by atoms with Gasteiger partial charge in [0.05, 0.1) is 0 Å². The summed E-state index contributed by atoms with van der Waals surface area (Å²) < 4.78 is 0. The summed E-state index contributed by atoms with van der Waals surface area (Å²) in [5.74, 6) is 0.998. The van der Waals surface area contributed by atoms with Crippen LogP contribution in [0.25, 0.3) is 0 Å². The van der Waals surface area contributed by atoms with Crippen LogP contribution in [0.2, 0.25) is 0 Å². The Morgan fingerprint density at radius 1 is 1.00 bits per heavy atom. The van der Waals surface area contributed by atoms with Crippen LogP contribution in [0.3, 0.4) is 0 Å². The van der Waals surface area contributed by atoms with Crippen LogP contribution in [-0.2, 0) is 0 Å². The van der Waals surface area contributed by atoms with E-state index >= 15 is 0 Å². The first-order chi connectivity index (χ1) is 7.81. The van der Waals surface area contributed by atoms with Crippen molar-refractivity contribution >= 4 is 0 Å². The van der Waals surface area contributed by atoms with E-state index in [1.54, 1.807) is 0 Å². The van der Waals surface area contributed by atoms with Gasteiger partial charge in [0.1, 0.15) is 0 Å². The van der Waals surface area contributed by atoms with Gasteiger partial charge in [0.25, 0.3) is 0 Å². The molecule has 2 unspecified atom stereocenters. The Morgan fingerprint density at radius 2 is 1.69 bits per heavy atom. The molecule has 2 aliphatic carbocycles. The maximum absolute atomic E-state index is 6.38. The standard InChI is InChI=1S/C14H28N2/c1-2-16(11-12-9-10-12)14-8-6-4-3-5-7-13(14)15/h12-14H,2-11,15H2,1H3. The number of likely N-dealkylation sites (N-methyl/N-ethyl adjacent to an activating group) is 1. The Bertz CT molecular complexity index is 201. The zero-order valence-electron chi connectivity index (χ0n) is 10.8. The molecule has 0 heterocycles. The minimum Gasteiger partial charge on any atom is -0.326 e. The van der Waals surface area contributed by atoms with Gasteiger partial charge in [-0.05, 0) is 38.1 Å². The molecule has 0 radical (unpaired) electrons. The molecule has 0 aliphatic heterocycles. The van der Waals surface area contributed by atoms with Crippen LogP contribution in [0.15, 0.2) is 0 Å². The first-order valence-electron chi connectivity index (χ1n) is 7.31. The molecule has 2 nitrogen and oxygen atoms in total. The second-order valence-electron chi connectivity index (χ2n) is 5.75. The molecule has 0 bridgehead atoms. The molecule has 94 valence electrons. The van der Waals surface area contributed by atoms with E-state index in [9.17, 15) is 0 Å². The molecule has 2 fully saturated rings. The van der Waals surface area contributed by atoms with Crippen LogP contribution in [0.1, 0.15) is 58.3 Å². The maximum atomic E-state index is 6.38. The summed E-state index contributed by atoms with van der Waals surface area (Å²) in [5.41, 5.74) is 6.38. The average Bonchev–Trinajstić information content (AvgIpc) is 3.06. The molecular formula is C14H28N2. The summed E-state index contributed by atoms with van der Waals surface area (Å²) in [6.07, 6.45) is 11.0. The lowest BCUT2D eigenvalue weighted by atomic mass is 9.91. The summed E-state index contributed by atoms with van der Waals surface area (Å²) in [7, 11) is 0. The Morgan fingerprint density at radius 3 is 2.31 bits per heavy atom. The molecule has 2 heteroatoms. The molecule has 2 atom stereocenters. The van der Waals surface area contributed by atoms with Gasteiger partial charge >= 0.3 is 0 Å². The highest BCUT2D eigenvalue weighted by Gasteiger charge is 2.30. The Hall–Kier alpha value is -0.0800. The Balaban J connectivity index is 1.89. The van der Waals surface area contributed by atoms with Gasteiger partial charge in [0.2, 0.25) is 0 Å². The topological polar surface area (TPSA) is 29.3 Å². The van der Waals surface area contributed by atoms with E-state index in [2.05, 4.69) is 11.8 Å². The SMILES string of the molecule is CCN(CC1CC1)C1CCCCCCC1N. The quantitative estimate of drug-likeness (QED) is 0.795. The molecule has 16 heavy (non-hydrogen) atoms. The number of nitrogens with zero attached hydrogens (tertiary/aromatic N) is 1. The second-order valence-corrected chi connectivity index (χ2v) is 5.75. The van der Waals surface area contributed by atoms with Crippen molar-refractivity contribution in [1.29, 1.82) is 0 Å². The third-order valence-corrected chi connectivity index (χ3v) is 4.35. The highest BCUT2D eigenvalue weighted by atomic mass is 15.2. The van der Waals surface area contributed by atoms with Crippen molar-refractivity contribution in [1.82, 2.24) is 4.90 Å². The fourth-order valence-electron chi connectivity index (χ4n) is 3.08. The molecule has 2 saturated carbocycles. The first-order valence-corrected chi connectivity index (χ1v) is 7.31. The minimum absolute atomic E-state index is 0.430. The van der Waals surface area contributed by atoms with E-state index in [-0.39, 0.29) is 0 Å². The normalized spacial score (nSPS) is 32.4. The molecule has 0 aromatic rings. The molecule has 2 rings (SSSR count). The largest absolute Gasteiger partial charge is 0.326 e. The molecule has 0 aromatic heterocycles. The molecule has 0 saturated heterocycles. The Labute approximate surface area is 101 Å². The van der Waals surface area contributed by atoms with Gasteiger partial charge in [-0.2, -0.15) is 0 Å². The highest BCUT2D eigenvalue weighted by Crippen LogP contribution is 2.31. The summed E-state index contributed by atoms with van der Waals surface area (Å²) in [4.78, 5) is 2.67. The molecular weight excluding hydrogens is 196 g/mol. The number of nitrogens with two attached hydrogens (primary N) is 1. The van der Waals surface area contributed by atoms with Crippen LogP contribution in [0.5, 0.6) is 0 Å². The number of hydrogen-bond acceptors (Lipinski definition) is 2. The van der Waals surface area contributed by atoms with Crippen molar-refractivity contribution in [3.05, 3.63) is 0 Å². The van der Waals surface area contributed by atoms with Gasteiger partial charge in [-0.15, -0.1) is 0 Å². The number of hydrogen-bond donors (Lipinski definition) is 1. The van der Waals surface area contributed by atoms with E-state index < -0.39 is 0 Å². The van der Waals surface area contributed by atoms with Gasteiger partial charge in [0, 0.05) is 18.6 Å². The molecule has 2 N–H and O–H groups in total. The summed E-state index contributed by atoms with van der Waals surface area (Å²) >= 11 is 0. The molecule has 0 amide bonds. The predicted molar refractivity (Wildman–Crippen MR) is 69.4 cm³/mol. The smallest absolute Gasteiger partial charge is 0.0247 e. The van der Waals surface area contributed by atoms with Crippen LogP contribution in [0, 0.1) is 5.92 Å². The summed E-state index contributed by atoms with van der Waals surface area (Å²) in [6.45, 7) is 4.80. The zero-order chi connectivity index (χ0) is 11.4. The number of rotatable bonds is 4. The molecule has 0 aromatic carbocycles. The van der Waals surface area contributed by atoms with Gasteiger partial charge in [0.15, 0.2) is 0 Å². The van der Waals surface area contributed by atoms with E-state index in [4.69, 9.17) is 5.73 Å².